The summed E-state index contributed by atoms with van der Waals surface area (Å²) in [5.41, 5.74) is 6.99. The van der Waals surface area contributed by atoms with E-state index in [0.29, 0.717) is 17.8 Å². The second kappa shape index (κ2) is 5.14. The highest BCUT2D eigenvalue weighted by Gasteiger charge is 2.22. The number of aromatic nitrogens is 1. The number of amides is 1. The van der Waals surface area contributed by atoms with Crippen molar-refractivity contribution in [2.24, 2.45) is 0 Å². The predicted molar refractivity (Wildman–Crippen MR) is 65.7 cm³/mol. The van der Waals surface area contributed by atoms with E-state index in [1.54, 1.807) is 30.4 Å². The number of carbonyl (C=O) groups is 1. The molecule has 1 aliphatic rings. The third-order valence-electron chi connectivity index (χ3n) is 2.99. The van der Waals surface area contributed by atoms with E-state index in [0.717, 1.165) is 19.4 Å². The monoisotopic (exact) mass is 235 g/mol. The molecule has 92 valence electrons. The molecule has 0 radical (unpaired) electrons. The molecule has 2 heterocycles. The summed E-state index contributed by atoms with van der Waals surface area (Å²) in [6, 6.07) is 1.74. The third-order valence-corrected chi connectivity index (χ3v) is 2.99. The van der Waals surface area contributed by atoms with Crippen LogP contribution in [0.25, 0.3) is 0 Å². The average Bonchev–Trinajstić information content (AvgIpc) is 2.81. The minimum absolute atomic E-state index is 0.0230. The maximum absolute atomic E-state index is 12.0. The van der Waals surface area contributed by atoms with Crippen LogP contribution in [0.4, 0.5) is 11.4 Å². The molecule has 1 unspecified atom stereocenters. The van der Waals surface area contributed by atoms with Crippen LogP contribution in [0, 0.1) is 0 Å². The van der Waals surface area contributed by atoms with Gasteiger partial charge in [0.25, 0.3) is 0 Å². The second-order valence-corrected chi connectivity index (χ2v) is 4.23. The lowest BCUT2D eigenvalue weighted by Gasteiger charge is -2.20. The van der Waals surface area contributed by atoms with Crippen LogP contribution >= 0.6 is 0 Å². The van der Waals surface area contributed by atoms with Crippen molar-refractivity contribution < 1.29 is 9.53 Å². The SMILES string of the molecule is CN(C(=O)CC1CCCO1)c1ccncc1N. The van der Waals surface area contributed by atoms with Gasteiger partial charge in [-0.05, 0) is 18.9 Å². The van der Waals surface area contributed by atoms with Crippen molar-refractivity contribution in [2.75, 3.05) is 24.3 Å². The zero-order valence-electron chi connectivity index (χ0n) is 9.93. The van der Waals surface area contributed by atoms with E-state index < -0.39 is 0 Å². The summed E-state index contributed by atoms with van der Waals surface area (Å²) in [6.07, 6.45) is 5.66. The maximum Gasteiger partial charge on any atom is 0.229 e. The summed E-state index contributed by atoms with van der Waals surface area (Å²) in [5.74, 6) is 0.0230. The molecule has 1 amide bonds. The van der Waals surface area contributed by atoms with Crippen molar-refractivity contribution in [2.45, 2.75) is 25.4 Å². The van der Waals surface area contributed by atoms with Gasteiger partial charge in [0.2, 0.25) is 5.91 Å². The Balaban J connectivity index is 2.01. The standard InChI is InChI=1S/C12H17N3O2/c1-15(11-4-5-14-8-10(11)13)12(16)7-9-3-2-6-17-9/h4-5,8-9H,2-3,6-7,13H2,1H3. The summed E-state index contributed by atoms with van der Waals surface area (Å²) in [5, 5.41) is 0. The Morgan fingerprint density at radius 1 is 1.71 bits per heavy atom. The number of hydrogen-bond acceptors (Lipinski definition) is 4. The highest BCUT2D eigenvalue weighted by atomic mass is 16.5. The topological polar surface area (TPSA) is 68.5 Å². The summed E-state index contributed by atoms with van der Waals surface area (Å²) < 4.78 is 5.45. The zero-order valence-corrected chi connectivity index (χ0v) is 9.93. The van der Waals surface area contributed by atoms with Gasteiger partial charge in [0.15, 0.2) is 0 Å². The fraction of sp³-hybridized carbons (Fsp3) is 0.500. The normalized spacial score (nSPS) is 19.2. The number of nitrogens with two attached hydrogens (primary N) is 1. The second-order valence-electron chi connectivity index (χ2n) is 4.23. The lowest BCUT2D eigenvalue weighted by molar-refractivity contribution is -0.120. The Kier molecular flexibility index (Phi) is 3.58. The number of nitrogen functional groups attached to an aromatic ring is 1. The number of carbonyl (C=O) groups excluding carboxylic acids is 1. The summed E-state index contributed by atoms with van der Waals surface area (Å²) in [7, 11) is 1.73. The number of nitrogens with zero attached hydrogens (tertiary/aromatic N) is 2. The van der Waals surface area contributed by atoms with Crippen molar-refractivity contribution in [1.82, 2.24) is 4.98 Å². The van der Waals surface area contributed by atoms with E-state index in [-0.39, 0.29) is 12.0 Å². The van der Waals surface area contributed by atoms with Crippen LogP contribution in [0.5, 0.6) is 0 Å². The number of anilines is 2. The molecule has 17 heavy (non-hydrogen) atoms. The predicted octanol–water partition coefficient (Wildman–Crippen LogP) is 1.20. The van der Waals surface area contributed by atoms with Gasteiger partial charge < -0.3 is 15.4 Å². The van der Waals surface area contributed by atoms with Crippen molar-refractivity contribution in [3.05, 3.63) is 18.5 Å². The van der Waals surface area contributed by atoms with Gasteiger partial charge in [-0.3, -0.25) is 9.78 Å². The fourth-order valence-electron chi connectivity index (χ4n) is 1.98. The molecule has 1 saturated heterocycles. The van der Waals surface area contributed by atoms with Crippen LogP contribution in [-0.4, -0.2) is 30.6 Å². The molecule has 5 heteroatoms. The molecular formula is C12H17N3O2. The molecule has 1 aromatic heterocycles. The average molecular weight is 235 g/mol. The summed E-state index contributed by atoms with van der Waals surface area (Å²) in [4.78, 5) is 17.5. The van der Waals surface area contributed by atoms with E-state index in [1.165, 1.54) is 0 Å². The van der Waals surface area contributed by atoms with Gasteiger partial charge in [0.05, 0.1) is 30.1 Å². The molecule has 5 nitrogen and oxygen atoms in total. The molecule has 0 bridgehead atoms. The Bertz CT molecular complexity index is 402. The molecular weight excluding hydrogens is 218 g/mol. The van der Waals surface area contributed by atoms with E-state index in [1.807, 2.05) is 0 Å². The van der Waals surface area contributed by atoms with Gasteiger partial charge >= 0.3 is 0 Å². The van der Waals surface area contributed by atoms with Crippen LogP contribution < -0.4 is 10.6 Å². The molecule has 0 saturated carbocycles. The lowest BCUT2D eigenvalue weighted by atomic mass is 10.1. The Morgan fingerprint density at radius 2 is 2.53 bits per heavy atom. The van der Waals surface area contributed by atoms with Crippen LogP contribution in [0.2, 0.25) is 0 Å². The van der Waals surface area contributed by atoms with Crippen molar-refractivity contribution >= 4 is 17.3 Å². The molecule has 1 atom stereocenters. The molecule has 1 fully saturated rings. The highest BCUT2D eigenvalue weighted by molar-refractivity contribution is 5.95. The van der Waals surface area contributed by atoms with Crippen molar-refractivity contribution in [1.29, 1.82) is 0 Å². The van der Waals surface area contributed by atoms with Gasteiger partial charge in [-0.25, -0.2) is 0 Å². The number of hydrogen-bond donors (Lipinski definition) is 1. The Morgan fingerprint density at radius 3 is 3.18 bits per heavy atom. The van der Waals surface area contributed by atoms with E-state index in [9.17, 15) is 4.79 Å². The lowest BCUT2D eigenvalue weighted by Crippen LogP contribution is -2.30. The zero-order chi connectivity index (χ0) is 12.3. The minimum Gasteiger partial charge on any atom is -0.396 e. The molecule has 1 aliphatic heterocycles. The quantitative estimate of drug-likeness (QED) is 0.854. The summed E-state index contributed by atoms with van der Waals surface area (Å²) in [6.45, 7) is 0.763. The maximum atomic E-state index is 12.0. The Labute approximate surface area is 101 Å². The summed E-state index contributed by atoms with van der Waals surface area (Å²) >= 11 is 0. The first-order chi connectivity index (χ1) is 8.18. The largest absolute Gasteiger partial charge is 0.396 e. The van der Waals surface area contributed by atoms with Crippen LogP contribution in [0.3, 0.4) is 0 Å². The molecule has 0 aromatic carbocycles. The van der Waals surface area contributed by atoms with Crippen LogP contribution in [-0.2, 0) is 9.53 Å². The van der Waals surface area contributed by atoms with Gasteiger partial charge in [-0.1, -0.05) is 0 Å². The minimum atomic E-state index is 0.0230. The number of pyridine rings is 1. The van der Waals surface area contributed by atoms with E-state index in [4.69, 9.17) is 10.5 Å². The molecule has 2 rings (SSSR count). The van der Waals surface area contributed by atoms with E-state index in [2.05, 4.69) is 4.98 Å². The van der Waals surface area contributed by atoms with Gasteiger partial charge in [0.1, 0.15) is 0 Å². The Hall–Kier alpha value is -1.62. The first-order valence-electron chi connectivity index (χ1n) is 5.76. The van der Waals surface area contributed by atoms with Gasteiger partial charge in [0, 0.05) is 19.9 Å². The molecule has 1 aromatic rings. The van der Waals surface area contributed by atoms with E-state index >= 15 is 0 Å². The first kappa shape index (κ1) is 11.9. The molecule has 0 aliphatic carbocycles. The highest BCUT2D eigenvalue weighted by Crippen LogP contribution is 2.22. The number of ether oxygens (including phenoxy) is 1. The van der Waals surface area contributed by atoms with Crippen molar-refractivity contribution in [3.8, 4) is 0 Å². The van der Waals surface area contributed by atoms with Crippen LogP contribution in [0.1, 0.15) is 19.3 Å². The number of rotatable bonds is 3. The van der Waals surface area contributed by atoms with Crippen LogP contribution in [0.15, 0.2) is 18.5 Å². The molecule has 2 N–H and O–H groups in total. The van der Waals surface area contributed by atoms with Gasteiger partial charge in [-0.2, -0.15) is 0 Å². The smallest absolute Gasteiger partial charge is 0.229 e. The van der Waals surface area contributed by atoms with Gasteiger partial charge in [-0.15, -0.1) is 0 Å². The van der Waals surface area contributed by atoms with Crippen molar-refractivity contribution in [3.63, 3.8) is 0 Å². The molecule has 0 spiro atoms. The first-order valence-corrected chi connectivity index (χ1v) is 5.76. The third kappa shape index (κ3) is 2.74. The fourth-order valence-corrected chi connectivity index (χ4v) is 1.98.